The molecule has 2 fully saturated rings. The number of amides is 2. The minimum Gasteiger partial charge on any atom is -0.309 e. The zero-order chi connectivity index (χ0) is 38.4. The normalized spacial score (nSPS) is 22.1. The van der Waals surface area contributed by atoms with Crippen molar-refractivity contribution in [2.24, 2.45) is 9.98 Å². The first kappa shape index (κ1) is 35.7. The summed E-state index contributed by atoms with van der Waals surface area (Å²) in [5.74, 6) is -0.630. The molecule has 2 aliphatic heterocycles. The number of hydrogen-bond donors (Lipinski definition) is 0. The predicted molar refractivity (Wildman–Crippen MR) is 208 cm³/mol. The average Bonchev–Trinajstić information content (AvgIpc) is 3.82. The molecule has 0 saturated carbocycles. The number of allylic oxidation sites excluding steroid dienone is 4. The average molecular weight is 735 g/mol. The number of rotatable bonds is 4. The molecule has 0 radical (unpaired) electrons. The third kappa shape index (κ3) is 5.05. The molecule has 5 aliphatic rings. The van der Waals surface area contributed by atoms with Crippen LogP contribution in [0.2, 0.25) is 0 Å². The van der Waals surface area contributed by atoms with Crippen LogP contribution in [0.5, 0.6) is 0 Å². The van der Waals surface area contributed by atoms with Crippen LogP contribution in [-0.4, -0.2) is 44.8 Å². The lowest BCUT2D eigenvalue weighted by Crippen LogP contribution is -2.27. The second-order valence-corrected chi connectivity index (χ2v) is 16.8. The molecule has 3 aliphatic carbocycles. The molecule has 0 atom stereocenters. The van der Waals surface area contributed by atoms with Crippen LogP contribution >= 0.6 is 23.5 Å². The van der Waals surface area contributed by atoms with Gasteiger partial charge in [0.2, 0.25) is 0 Å². The fourth-order valence-electron chi connectivity index (χ4n) is 7.79. The van der Waals surface area contributed by atoms with Gasteiger partial charge in [-0.2, -0.15) is 10.5 Å². The third-order valence-corrected chi connectivity index (χ3v) is 13.0. The Labute approximate surface area is 317 Å². The quantitative estimate of drug-likeness (QED) is 0.228. The number of benzene rings is 2. The zero-order valence-electron chi connectivity index (χ0n) is 30.6. The maximum absolute atomic E-state index is 13.4. The SMILES string of the molecule is [C-]#[N+]/C(C#N)=C1/SC(=NC2=Cc3cc4c(cc3C2(C)C)-c2cc3c(cc2C4(C)C)C=C(N=C2SC(=C(C#N)C#N)N(CC)C2=O)C3(C)C)C(=O)N1CC. The van der Waals surface area contributed by atoms with Gasteiger partial charge in [-0.05, 0) is 107 Å². The number of nitriles is 3. The van der Waals surface area contributed by atoms with Crippen molar-refractivity contribution in [1.29, 1.82) is 15.8 Å². The lowest BCUT2D eigenvalue weighted by molar-refractivity contribution is -0.121. The molecule has 2 aromatic rings. The van der Waals surface area contributed by atoms with Gasteiger partial charge in [0, 0.05) is 29.3 Å². The number of hydrogen-bond acceptors (Lipinski definition) is 9. The number of carbonyl (C=O) groups is 2. The fourth-order valence-corrected chi connectivity index (χ4v) is 9.86. The van der Waals surface area contributed by atoms with Crippen molar-refractivity contribution < 1.29 is 9.59 Å². The summed E-state index contributed by atoms with van der Waals surface area (Å²) in [4.78, 5) is 42.7. The van der Waals surface area contributed by atoms with Crippen LogP contribution < -0.4 is 0 Å². The summed E-state index contributed by atoms with van der Waals surface area (Å²) in [6, 6.07) is 14.7. The number of carbonyl (C=O) groups excluding carboxylic acids is 2. The number of nitrogens with zero attached hydrogens (tertiary/aromatic N) is 8. The fraction of sp³-hybridized carbons (Fsp3) is 0.317. The molecule has 0 spiro atoms. The molecular formula is C41H34N8O2S2. The lowest BCUT2D eigenvalue weighted by atomic mass is 9.79. The molecule has 262 valence electrons. The van der Waals surface area contributed by atoms with Crippen molar-refractivity contribution in [2.75, 3.05) is 13.1 Å². The van der Waals surface area contributed by atoms with E-state index in [0.29, 0.717) is 23.1 Å². The van der Waals surface area contributed by atoms with Crippen LogP contribution in [-0.2, 0) is 25.8 Å². The number of aliphatic imine (C=N–C) groups is 2. The highest BCUT2D eigenvalue weighted by Crippen LogP contribution is 2.56. The largest absolute Gasteiger partial charge is 0.309 e. The molecule has 2 amide bonds. The summed E-state index contributed by atoms with van der Waals surface area (Å²) in [6.45, 7) is 24.5. The second-order valence-electron chi connectivity index (χ2n) is 14.8. The van der Waals surface area contributed by atoms with Gasteiger partial charge >= 0.3 is 0 Å². The van der Waals surface area contributed by atoms with Gasteiger partial charge in [-0.15, -0.1) is 0 Å². The van der Waals surface area contributed by atoms with Crippen LogP contribution in [0.4, 0.5) is 0 Å². The van der Waals surface area contributed by atoms with Gasteiger partial charge in [0.15, 0.2) is 15.7 Å². The highest BCUT2D eigenvalue weighted by molar-refractivity contribution is 8.20. The maximum atomic E-state index is 13.4. The first-order valence-corrected chi connectivity index (χ1v) is 18.8. The van der Waals surface area contributed by atoms with Crippen LogP contribution in [0.25, 0.3) is 28.1 Å². The Kier molecular flexibility index (Phi) is 8.23. The van der Waals surface area contributed by atoms with Gasteiger partial charge < -0.3 is 4.90 Å². The minimum atomic E-state index is -0.535. The molecule has 12 heteroatoms. The van der Waals surface area contributed by atoms with E-state index in [-0.39, 0.29) is 38.6 Å². The Hall–Kier alpha value is -5.66. The lowest BCUT2D eigenvalue weighted by Gasteiger charge is -2.25. The van der Waals surface area contributed by atoms with Gasteiger partial charge in [0.25, 0.3) is 17.5 Å². The van der Waals surface area contributed by atoms with E-state index in [1.54, 1.807) is 6.92 Å². The summed E-state index contributed by atoms with van der Waals surface area (Å²) >= 11 is 2.15. The highest BCUT2D eigenvalue weighted by atomic mass is 32.2. The molecule has 0 N–H and O–H groups in total. The van der Waals surface area contributed by atoms with Crippen LogP contribution in [0, 0.1) is 40.6 Å². The van der Waals surface area contributed by atoms with Crippen molar-refractivity contribution in [2.45, 2.75) is 71.6 Å². The molecular weight excluding hydrogens is 701 g/mol. The monoisotopic (exact) mass is 734 g/mol. The van der Waals surface area contributed by atoms with Crippen molar-refractivity contribution in [3.8, 4) is 29.3 Å². The minimum absolute atomic E-state index is 0.105. The van der Waals surface area contributed by atoms with Gasteiger partial charge in [-0.25, -0.2) is 20.1 Å². The van der Waals surface area contributed by atoms with E-state index < -0.39 is 10.8 Å². The maximum Gasteiger partial charge on any atom is 0.291 e. The molecule has 0 bridgehead atoms. The standard InChI is InChI=1S/C41H34N8O2S2/c1-10-48-35(50)33(52-37(48)23(18-42)19-43)46-31-14-21-12-28-24(16-26(21)40(31,5)6)25-17-27-22(13-29(25)39(28,3)4)15-32(41(27,7)8)47-34-36(51)49(11-2)38(53-34)30(20-44)45-9/h12-17H,10-11H2,1-8H3/b38-30+,46-33?,47-34?. The predicted octanol–water partition coefficient (Wildman–Crippen LogP) is 8.12. The number of thioether (sulfide) groups is 2. The Morgan fingerprint density at radius 3 is 1.53 bits per heavy atom. The Morgan fingerprint density at radius 2 is 1.13 bits per heavy atom. The van der Waals surface area contributed by atoms with Gasteiger partial charge in [-0.1, -0.05) is 53.3 Å². The molecule has 2 saturated heterocycles. The summed E-state index contributed by atoms with van der Waals surface area (Å²) in [5.41, 5.74) is 8.78. The van der Waals surface area contributed by atoms with Crippen LogP contribution in [0.1, 0.15) is 88.8 Å². The van der Waals surface area contributed by atoms with Crippen molar-refractivity contribution >= 4 is 57.6 Å². The third-order valence-electron chi connectivity index (χ3n) is 10.9. The zero-order valence-corrected chi connectivity index (χ0v) is 32.2. The van der Waals surface area contributed by atoms with E-state index in [4.69, 9.17) is 16.6 Å². The van der Waals surface area contributed by atoms with Crippen LogP contribution in [0.3, 0.4) is 0 Å². The molecule has 2 aromatic carbocycles. The molecule has 10 nitrogen and oxygen atoms in total. The first-order chi connectivity index (χ1) is 25.1. The van der Waals surface area contributed by atoms with Gasteiger partial charge in [-0.3, -0.25) is 14.5 Å². The second kappa shape index (κ2) is 12.2. The molecule has 0 unspecified atom stereocenters. The molecule has 2 heterocycles. The van der Waals surface area contributed by atoms with Gasteiger partial charge in [0.05, 0.1) is 24.0 Å². The molecule has 53 heavy (non-hydrogen) atoms. The van der Waals surface area contributed by atoms with Crippen molar-refractivity contribution in [3.05, 3.63) is 102 Å². The van der Waals surface area contributed by atoms with E-state index in [0.717, 1.165) is 68.3 Å². The van der Waals surface area contributed by atoms with Crippen molar-refractivity contribution in [1.82, 2.24) is 9.80 Å². The van der Waals surface area contributed by atoms with E-state index in [1.807, 2.05) is 37.3 Å². The summed E-state index contributed by atoms with van der Waals surface area (Å²) in [6.07, 6.45) is 4.09. The topological polar surface area (TPSA) is 141 Å². The first-order valence-electron chi connectivity index (χ1n) is 17.1. The summed E-state index contributed by atoms with van der Waals surface area (Å²) in [5, 5.41) is 29.6. The van der Waals surface area contributed by atoms with E-state index >= 15 is 0 Å². The smallest absolute Gasteiger partial charge is 0.291 e. The molecule has 0 aromatic heterocycles. The van der Waals surface area contributed by atoms with E-state index in [1.165, 1.54) is 20.9 Å². The highest BCUT2D eigenvalue weighted by Gasteiger charge is 2.45. The summed E-state index contributed by atoms with van der Waals surface area (Å²) in [7, 11) is 0. The summed E-state index contributed by atoms with van der Waals surface area (Å²) < 4.78 is 0. The van der Waals surface area contributed by atoms with Gasteiger partial charge in [0.1, 0.15) is 22.2 Å². The Balaban J connectivity index is 1.26. The Morgan fingerprint density at radius 1 is 0.698 bits per heavy atom. The Bertz CT molecular complexity index is 2300. The van der Waals surface area contributed by atoms with E-state index in [2.05, 4.69) is 70.7 Å². The van der Waals surface area contributed by atoms with Crippen molar-refractivity contribution in [3.63, 3.8) is 0 Å². The van der Waals surface area contributed by atoms with Crippen LogP contribution in [0.15, 0.2) is 67.0 Å². The molecule has 7 rings (SSSR count). The number of fused-ring (bicyclic) bond motifs is 5. The van der Waals surface area contributed by atoms with E-state index in [9.17, 15) is 25.4 Å².